The van der Waals surface area contributed by atoms with Crippen molar-refractivity contribution in [3.05, 3.63) is 15.8 Å². The molecule has 1 saturated heterocycles. The molecule has 1 aromatic rings. The number of aryl methyl sites for hydroxylation is 1. The highest BCUT2D eigenvalue weighted by Gasteiger charge is 2.27. The van der Waals surface area contributed by atoms with Gasteiger partial charge in [-0.3, -0.25) is 0 Å². The summed E-state index contributed by atoms with van der Waals surface area (Å²) in [6.07, 6.45) is 4.74. The monoisotopic (exact) mass is 346 g/mol. The molecule has 2 fully saturated rings. The lowest BCUT2D eigenvalue weighted by Gasteiger charge is -2.12. The summed E-state index contributed by atoms with van der Waals surface area (Å²) in [7, 11) is -3.39. The average molecular weight is 347 g/mol. The van der Waals surface area contributed by atoms with Gasteiger partial charge in [-0.15, -0.1) is 11.3 Å². The van der Waals surface area contributed by atoms with E-state index in [1.54, 1.807) is 11.3 Å². The molecular formula is C14H22N2O2S3. The molecule has 1 saturated carbocycles. The van der Waals surface area contributed by atoms with E-state index in [0.29, 0.717) is 29.3 Å². The second kappa shape index (κ2) is 6.58. The number of hydrogen-bond donors (Lipinski definition) is 2. The van der Waals surface area contributed by atoms with Crippen LogP contribution in [0.4, 0.5) is 0 Å². The maximum atomic E-state index is 12.6. The zero-order valence-corrected chi connectivity index (χ0v) is 14.7. The van der Waals surface area contributed by atoms with Gasteiger partial charge in [0.1, 0.15) is 4.90 Å². The predicted molar refractivity (Wildman–Crippen MR) is 89.6 cm³/mol. The molecule has 0 spiro atoms. The molecule has 118 valence electrons. The van der Waals surface area contributed by atoms with Crippen molar-refractivity contribution >= 4 is 33.1 Å². The summed E-state index contributed by atoms with van der Waals surface area (Å²) in [5, 5.41) is 5.79. The summed E-state index contributed by atoms with van der Waals surface area (Å²) >= 11 is 3.42. The Hall–Kier alpha value is -0.0800. The Morgan fingerprint density at radius 3 is 2.81 bits per heavy atom. The molecule has 1 aliphatic carbocycles. The molecule has 1 aliphatic heterocycles. The Bertz CT molecular complexity index is 587. The van der Waals surface area contributed by atoms with E-state index in [2.05, 4.69) is 10.0 Å². The van der Waals surface area contributed by atoms with Crippen molar-refractivity contribution in [2.45, 2.75) is 55.3 Å². The van der Waals surface area contributed by atoms with Crippen LogP contribution in [0.25, 0.3) is 0 Å². The third-order valence-corrected chi connectivity index (χ3v) is 8.20. The third-order valence-electron chi connectivity index (χ3n) is 3.91. The van der Waals surface area contributed by atoms with E-state index in [1.807, 2.05) is 24.1 Å². The highest BCUT2D eigenvalue weighted by atomic mass is 32.2. The van der Waals surface area contributed by atoms with Gasteiger partial charge in [-0.05, 0) is 49.3 Å². The minimum absolute atomic E-state index is 0.437. The number of sulfonamides is 1. The van der Waals surface area contributed by atoms with Crippen molar-refractivity contribution in [2.75, 3.05) is 12.3 Å². The predicted octanol–water partition coefficient (Wildman–Crippen LogP) is 2.48. The number of hydrogen-bond acceptors (Lipinski definition) is 5. The van der Waals surface area contributed by atoms with Gasteiger partial charge in [0.2, 0.25) is 10.0 Å². The zero-order chi connectivity index (χ0) is 14.9. The molecule has 1 unspecified atom stereocenters. The van der Waals surface area contributed by atoms with Crippen molar-refractivity contribution in [2.24, 2.45) is 0 Å². The Morgan fingerprint density at radius 2 is 2.14 bits per heavy atom. The first-order valence-electron chi connectivity index (χ1n) is 7.48. The second-order valence-electron chi connectivity index (χ2n) is 5.81. The van der Waals surface area contributed by atoms with Crippen molar-refractivity contribution in [1.82, 2.24) is 10.0 Å². The fraction of sp³-hybridized carbons (Fsp3) is 0.714. The van der Waals surface area contributed by atoms with Crippen LogP contribution in [-0.2, 0) is 16.6 Å². The smallest absolute Gasteiger partial charge is 0.242 e. The Morgan fingerprint density at radius 1 is 1.33 bits per heavy atom. The maximum Gasteiger partial charge on any atom is 0.242 e. The summed E-state index contributed by atoms with van der Waals surface area (Å²) in [5.74, 6) is 1.15. The van der Waals surface area contributed by atoms with Crippen molar-refractivity contribution in [1.29, 1.82) is 0 Å². The molecule has 2 heterocycles. The standard InChI is InChI=1S/C14H22N2O2S3/c1-10-9-20-13(8-15-11-4-5-11)14(10)21(17,18)16-7-12-3-2-6-19-12/h9,11-12,15-16H,2-8H2,1H3. The van der Waals surface area contributed by atoms with E-state index in [4.69, 9.17) is 0 Å². The van der Waals surface area contributed by atoms with E-state index in [1.165, 1.54) is 19.3 Å². The van der Waals surface area contributed by atoms with E-state index in [9.17, 15) is 8.42 Å². The van der Waals surface area contributed by atoms with Gasteiger partial charge in [0.25, 0.3) is 0 Å². The molecule has 2 N–H and O–H groups in total. The molecule has 0 amide bonds. The molecule has 7 heteroatoms. The van der Waals surface area contributed by atoms with Gasteiger partial charge in [0.15, 0.2) is 0 Å². The summed E-state index contributed by atoms with van der Waals surface area (Å²) in [6, 6.07) is 0.589. The highest BCUT2D eigenvalue weighted by Crippen LogP contribution is 2.29. The highest BCUT2D eigenvalue weighted by molar-refractivity contribution is 8.00. The number of rotatable bonds is 7. The van der Waals surface area contributed by atoms with Crippen molar-refractivity contribution in [3.63, 3.8) is 0 Å². The van der Waals surface area contributed by atoms with Gasteiger partial charge in [0.05, 0.1) is 0 Å². The first-order valence-corrected chi connectivity index (χ1v) is 10.9. The van der Waals surface area contributed by atoms with Crippen LogP contribution < -0.4 is 10.0 Å². The molecule has 1 atom stereocenters. The van der Waals surface area contributed by atoms with Gasteiger partial charge in [-0.2, -0.15) is 11.8 Å². The molecule has 0 aromatic carbocycles. The topological polar surface area (TPSA) is 58.2 Å². The molecule has 0 radical (unpaired) electrons. The summed E-state index contributed by atoms with van der Waals surface area (Å²) in [4.78, 5) is 1.44. The fourth-order valence-electron chi connectivity index (χ4n) is 2.57. The quantitative estimate of drug-likeness (QED) is 0.796. The van der Waals surface area contributed by atoms with Crippen molar-refractivity contribution < 1.29 is 8.42 Å². The first kappa shape index (κ1) is 15.8. The van der Waals surface area contributed by atoms with Crippen LogP contribution in [0.3, 0.4) is 0 Å². The van der Waals surface area contributed by atoms with Crippen LogP contribution in [0.15, 0.2) is 10.3 Å². The minimum Gasteiger partial charge on any atom is -0.309 e. The lowest BCUT2D eigenvalue weighted by atomic mass is 10.2. The van der Waals surface area contributed by atoms with Crippen LogP contribution >= 0.6 is 23.1 Å². The summed E-state index contributed by atoms with van der Waals surface area (Å²) < 4.78 is 28.0. The molecule has 21 heavy (non-hydrogen) atoms. The molecule has 1 aromatic heterocycles. The van der Waals surface area contributed by atoms with E-state index in [0.717, 1.165) is 22.6 Å². The minimum atomic E-state index is -3.39. The average Bonchev–Trinajstić information content (AvgIpc) is 2.97. The van der Waals surface area contributed by atoms with Gasteiger partial charge in [0, 0.05) is 29.3 Å². The number of nitrogens with one attached hydrogen (secondary N) is 2. The molecular weight excluding hydrogens is 324 g/mol. The van der Waals surface area contributed by atoms with Crippen LogP contribution in [0.5, 0.6) is 0 Å². The Balaban J connectivity index is 1.68. The van der Waals surface area contributed by atoms with Crippen LogP contribution in [0.2, 0.25) is 0 Å². The van der Waals surface area contributed by atoms with Gasteiger partial charge >= 0.3 is 0 Å². The largest absolute Gasteiger partial charge is 0.309 e. The SMILES string of the molecule is Cc1csc(CNC2CC2)c1S(=O)(=O)NCC1CCCS1. The Kier molecular flexibility index (Phi) is 4.95. The van der Waals surface area contributed by atoms with Crippen molar-refractivity contribution in [3.8, 4) is 0 Å². The van der Waals surface area contributed by atoms with E-state index in [-0.39, 0.29) is 0 Å². The fourth-order valence-corrected chi connectivity index (χ4v) is 6.72. The summed E-state index contributed by atoms with van der Waals surface area (Å²) in [6.45, 7) is 3.10. The first-order chi connectivity index (χ1) is 10.1. The maximum absolute atomic E-state index is 12.6. The lowest BCUT2D eigenvalue weighted by Crippen LogP contribution is -2.31. The van der Waals surface area contributed by atoms with Gasteiger partial charge in [-0.25, -0.2) is 13.1 Å². The van der Waals surface area contributed by atoms with Crippen LogP contribution in [0, 0.1) is 6.92 Å². The normalized spacial score (nSPS) is 22.8. The second-order valence-corrected chi connectivity index (χ2v) is 9.89. The van der Waals surface area contributed by atoms with Crippen LogP contribution in [-0.4, -0.2) is 32.0 Å². The molecule has 0 bridgehead atoms. The van der Waals surface area contributed by atoms with E-state index < -0.39 is 10.0 Å². The lowest BCUT2D eigenvalue weighted by molar-refractivity contribution is 0.576. The molecule has 2 aliphatic rings. The van der Waals surface area contributed by atoms with Gasteiger partial charge < -0.3 is 5.32 Å². The number of thiophene rings is 1. The van der Waals surface area contributed by atoms with Gasteiger partial charge in [-0.1, -0.05) is 0 Å². The third kappa shape index (κ3) is 4.01. The number of thioether (sulfide) groups is 1. The van der Waals surface area contributed by atoms with Crippen LogP contribution in [0.1, 0.15) is 36.1 Å². The molecule has 4 nitrogen and oxygen atoms in total. The molecule has 3 rings (SSSR count). The summed E-state index contributed by atoms with van der Waals surface area (Å²) in [5.41, 5.74) is 0.860. The zero-order valence-electron chi connectivity index (χ0n) is 12.2. The Labute approximate surface area is 135 Å². The van der Waals surface area contributed by atoms with E-state index >= 15 is 0 Å².